The average molecular weight is 296 g/mol. The van der Waals surface area contributed by atoms with Gasteiger partial charge in [0.25, 0.3) is 0 Å². The molecule has 3 heterocycles. The van der Waals surface area contributed by atoms with Gasteiger partial charge in [-0.25, -0.2) is 15.0 Å². The molecule has 1 fully saturated rings. The number of thiazole rings is 1. The number of anilines is 1. The van der Waals surface area contributed by atoms with E-state index >= 15 is 0 Å². The summed E-state index contributed by atoms with van der Waals surface area (Å²) in [6.07, 6.45) is 5.98. The first-order chi connectivity index (χ1) is 10.4. The monoisotopic (exact) mass is 296 g/mol. The van der Waals surface area contributed by atoms with E-state index in [2.05, 4.69) is 39.1 Å². The Bertz CT molecular complexity index is 707. The number of hydrogen-bond donors (Lipinski definition) is 0. The van der Waals surface area contributed by atoms with Crippen molar-refractivity contribution in [1.82, 2.24) is 15.0 Å². The molecule has 0 spiro atoms. The molecule has 0 N–H and O–H groups in total. The van der Waals surface area contributed by atoms with Gasteiger partial charge in [0.05, 0.1) is 15.2 Å². The van der Waals surface area contributed by atoms with E-state index in [-0.39, 0.29) is 0 Å². The summed E-state index contributed by atoms with van der Waals surface area (Å²) in [5.74, 6) is 1.32. The van der Waals surface area contributed by atoms with E-state index in [4.69, 9.17) is 4.98 Å². The second-order valence-electron chi connectivity index (χ2n) is 5.35. The Hall–Kier alpha value is -2.01. The van der Waals surface area contributed by atoms with Crippen molar-refractivity contribution in [1.29, 1.82) is 0 Å². The summed E-state index contributed by atoms with van der Waals surface area (Å²) in [7, 11) is 0. The minimum atomic E-state index is 0.486. The van der Waals surface area contributed by atoms with Crippen LogP contribution in [0.25, 0.3) is 10.2 Å². The third-order valence-corrected chi connectivity index (χ3v) is 5.11. The molecule has 5 heteroatoms. The van der Waals surface area contributed by atoms with Gasteiger partial charge in [-0.2, -0.15) is 0 Å². The summed E-state index contributed by atoms with van der Waals surface area (Å²) in [4.78, 5) is 15.8. The Labute approximate surface area is 127 Å². The van der Waals surface area contributed by atoms with Gasteiger partial charge in [0.2, 0.25) is 5.95 Å². The fourth-order valence-electron chi connectivity index (χ4n) is 2.88. The number of hydrogen-bond acceptors (Lipinski definition) is 5. The molecule has 1 saturated heterocycles. The number of benzene rings is 1. The van der Waals surface area contributed by atoms with Crippen molar-refractivity contribution in [2.45, 2.75) is 18.8 Å². The Morgan fingerprint density at radius 3 is 2.81 bits per heavy atom. The van der Waals surface area contributed by atoms with Crippen LogP contribution in [-0.4, -0.2) is 28.0 Å². The lowest BCUT2D eigenvalue weighted by Gasteiger charge is -2.31. The lowest BCUT2D eigenvalue weighted by atomic mass is 9.99. The summed E-state index contributed by atoms with van der Waals surface area (Å²) >= 11 is 1.82. The molecule has 1 atom stereocenters. The third kappa shape index (κ3) is 2.49. The van der Waals surface area contributed by atoms with E-state index < -0.39 is 0 Å². The maximum absolute atomic E-state index is 4.82. The van der Waals surface area contributed by atoms with E-state index in [9.17, 15) is 0 Å². The molecule has 106 valence electrons. The Morgan fingerprint density at radius 2 is 1.95 bits per heavy atom. The Balaban J connectivity index is 1.60. The van der Waals surface area contributed by atoms with Crippen LogP contribution in [0.2, 0.25) is 0 Å². The average Bonchev–Trinajstić information content (AvgIpc) is 3.00. The summed E-state index contributed by atoms with van der Waals surface area (Å²) in [6, 6.07) is 10.2. The van der Waals surface area contributed by atoms with Gasteiger partial charge >= 0.3 is 0 Å². The predicted octanol–water partition coefficient (Wildman–Crippen LogP) is 3.47. The number of para-hydroxylation sites is 1. The molecule has 1 aromatic carbocycles. The van der Waals surface area contributed by atoms with E-state index in [0.717, 1.165) is 24.6 Å². The van der Waals surface area contributed by atoms with Gasteiger partial charge in [0.1, 0.15) is 0 Å². The van der Waals surface area contributed by atoms with Crippen molar-refractivity contribution in [3.8, 4) is 0 Å². The lowest BCUT2D eigenvalue weighted by Crippen LogP contribution is -2.35. The van der Waals surface area contributed by atoms with Crippen molar-refractivity contribution < 1.29 is 0 Å². The molecule has 0 unspecified atom stereocenters. The fraction of sp³-hybridized carbons (Fsp3) is 0.312. The highest BCUT2D eigenvalue weighted by Crippen LogP contribution is 2.33. The predicted molar refractivity (Wildman–Crippen MR) is 85.8 cm³/mol. The first-order valence-corrected chi connectivity index (χ1v) is 8.09. The number of fused-ring (bicyclic) bond motifs is 1. The maximum Gasteiger partial charge on any atom is 0.225 e. The van der Waals surface area contributed by atoms with E-state index in [1.54, 1.807) is 0 Å². The largest absolute Gasteiger partial charge is 0.340 e. The fourth-order valence-corrected chi connectivity index (χ4v) is 3.97. The van der Waals surface area contributed by atoms with E-state index in [1.165, 1.54) is 22.5 Å². The highest BCUT2D eigenvalue weighted by Gasteiger charge is 2.25. The molecule has 2 aromatic heterocycles. The van der Waals surface area contributed by atoms with Gasteiger partial charge in [-0.05, 0) is 31.0 Å². The van der Waals surface area contributed by atoms with Crippen LogP contribution in [0.3, 0.4) is 0 Å². The minimum absolute atomic E-state index is 0.486. The van der Waals surface area contributed by atoms with Crippen molar-refractivity contribution in [3.05, 3.63) is 47.7 Å². The van der Waals surface area contributed by atoms with Crippen LogP contribution in [-0.2, 0) is 0 Å². The Morgan fingerprint density at radius 1 is 1.10 bits per heavy atom. The van der Waals surface area contributed by atoms with Crippen LogP contribution in [0, 0.1) is 0 Å². The molecule has 0 bridgehead atoms. The number of nitrogens with zero attached hydrogens (tertiary/aromatic N) is 4. The molecule has 3 aromatic rings. The molecule has 1 aliphatic heterocycles. The zero-order chi connectivity index (χ0) is 14.1. The molecule has 4 nitrogen and oxygen atoms in total. The van der Waals surface area contributed by atoms with E-state index in [0.29, 0.717) is 5.92 Å². The molecule has 1 aliphatic rings. The topological polar surface area (TPSA) is 41.9 Å². The summed E-state index contributed by atoms with van der Waals surface area (Å²) in [5, 5.41) is 1.25. The normalized spacial score (nSPS) is 19.0. The van der Waals surface area contributed by atoms with Gasteiger partial charge in [-0.1, -0.05) is 12.1 Å². The molecule has 0 amide bonds. The third-order valence-electron chi connectivity index (χ3n) is 3.92. The highest BCUT2D eigenvalue weighted by molar-refractivity contribution is 7.18. The molecular weight excluding hydrogens is 280 g/mol. The molecule has 0 radical (unpaired) electrons. The van der Waals surface area contributed by atoms with Gasteiger partial charge in [0, 0.05) is 31.4 Å². The van der Waals surface area contributed by atoms with Crippen LogP contribution in [0.1, 0.15) is 23.8 Å². The molecule has 0 aliphatic carbocycles. The summed E-state index contributed by atoms with van der Waals surface area (Å²) < 4.78 is 1.28. The molecule has 4 rings (SSSR count). The van der Waals surface area contributed by atoms with Gasteiger partial charge in [-0.15, -0.1) is 11.3 Å². The lowest BCUT2D eigenvalue weighted by molar-refractivity contribution is 0.502. The van der Waals surface area contributed by atoms with Crippen molar-refractivity contribution in [2.75, 3.05) is 18.0 Å². The van der Waals surface area contributed by atoms with Gasteiger partial charge in [0.15, 0.2) is 0 Å². The summed E-state index contributed by atoms with van der Waals surface area (Å²) in [5.41, 5.74) is 1.12. The van der Waals surface area contributed by atoms with Crippen LogP contribution in [0.15, 0.2) is 42.7 Å². The maximum atomic E-state index is 4.82. The summed E-state index contributed by atoms with van der Waals surface area (Å²) in [6.45, 7) is 2.00. The molecule has 21 heavy (non-hydrogen) atoms. The van der Waals surface area contributed by atoms with Crippen LogP contribution in [0.5, 0.6) is 0 Å². The zero-order valence-electron chi connectivity index (χ0n) is 11.6. The first kappa shape index (κ1) is 12.7. The SMILES string of the molecule is c1cnc(N2CCC[C@H](c3nc4ccccc4s3)C2)nc1. The first-order valence-electron chi connectivity index (χ1n) is 7.27. The van der Waals surface area contributed by atoms with Crippen LogP contribution < -0.4 is 4.90 Å². The van der Waals surface area contributed by atoms with Gasteiger partial charge < -0.3 is 4.90 Å². The Kier molecular flexibility index (Phi) is 3.27. The van der Waals surface area contributed by atoms with Crippen LogP contribution in [0.4, 0.5) is 5.95 Å². The molecule has 0 saturated carbocycles. The molecular formula is C16H16N4S. The second kappa shape index (κ2) is 5.41. The zero-order valence-corrected chi connectivity index (χ0v) is 12.5. The van der Waals surface area contributed by atoms with Crippen molar-refractivity contribution >= 4 is 27.5 Å². The standard InChI is InChI=1S/C16H16N4S/c1-2-7-14-13(6-1)19-15(21-14)12-5-3-10-20(11-12)16-17-8-4-9-18-16/h1-2,4,6-9,12H,3,5,10-11H2/t12-/m0/s1. The number of piperidine rings is 1. The number of rotatable bonds is 2. The van der Waals surface area contributed by atoms with Crippen molar-refractivity contribution in [3.63, 3.8) is 0 Å². The van der Waals surface area contributed by atoms with Crippen molar-refractivity contribution in [2.24, 2.45) is 0 Å². The minimum Gasteiger partial charge on any atom is -0.340 e. The number of aromatic nitrogens is 3. The second-order valence-corrected chi connectivity index (χ2v) is 6.42. The van der Waals surface area contributed by atoms with E-state index in [1.807, 2.05) is 29.8 Å². The quantitative estimate of drug-likeness (QED) is 0.726. The van der Waals surface area contributed by atoms with Crippen LogP contribution >= 0.6 is 11.3 Å². The highest BCUT2D eigenvalue weighted by atomic mass is 32.1. The smallest absolute Gasteiger partial charge is 0.225 e. The van der Waals surface area contributed by atoms with Gasteiger partial charge in [-0.3, -0.25) is 0 Å².